The number of hydrogen-bond donors (Lipinski definition) is 0. The molecule has 75 heavy (non-hydrogen) atoms. The Morgan fingerprint density at radius 2 is 0.520 bits per heavy atom. The van der Waals surface area contributed by atoms with Gasteiger partial charge in [-0.2, -0.15) is 0 Å². The molecule has 0 aliphatic carbocycles. The van der Waals surface area contributed by atoms with E-state index in [1.54, 1.807) is 0 Å². The highest BCUT2D eigenvalue weighted by Gasteiger charge is 2.19. The molecule has 1 atom stereocenters. The average Bonchev–Trinajstić information content (AvgIpc) is 3.41. The van der Waals surface area contributed by atoms with Gasteiger partial charge in [0.25, 0.3) is 0 Å². The molecule has 0 aromatic heterocycles. The molecule has 6 nitrogen and oxygen atoms in total. The van der Waals surface area contributed by atoms with Crippen molar-refractivity contribution in [3.63, 3.8) is 0 Å². The van der Waals surface area contributed by atoms with Crippen LogP contribution in [-0.4, -0.2) is 37.2 Å². The highest BCUT2D eigenvalue weighted by atomic mass is 16.6. The fourth-order valence-corrected chi connectivity index (χ4v) is 9.16. The molecule has 1 unspecified atom stereocenters. The molecule has 0 aromatic carbocycles. The summed E-state index contributed by atoms with van der Waals surface area (Å²) in [6.07, 6.45) is 83.1. The maximum Gasteiger partial charge on any atom is 0.306 e. The summed E-state index contributed by atoms with van der Waals surface area (Å²) in [5.74, 6) is -0.906. The topological polar surface area (TPSA) is 78.9 Å². The van der Waals surface area contributed by atoms with Gasteiger partial charge < -0.3 is 14.2 Å². The molecular weight excluding hydrogens is 925 g/mol. The predicted octanol–water partition coefficient (Wildman–Crippen LogP) is 21.9. The number of unbranched alkanes of at least 4 members (excludes halogenated alkanes) is 33. The lowest BCUT2D eigenvalue weighted by Crippen LogP contribution is -2.30. The van der Waals surface area contributed by atoms with E-state index in [1.807, 2.05) is 0 Å². The Bertz CT molecular complexity index is 1430. The van der Waals surface area contributed by atoms with Gasteiger partial charge in [0.05, 0.1) is 0 Å². The van der Waals surface area contributed by atoms with Gasteiger partial charge in [0.15, 0.2) is 6.10 Å². The number of ether oxygens (including phenoxy) is 3. The Morgan fingerprint density at radius 1 is 0.280 bits per heavy atom. The molecule has 0 saturated heterocycles. The summed E-state index contributed by atoms with van der Waals surface area (Å²) in [4.78, 5) is 38.3. The minimum Gasteiger partial charge on any atom is -0.462 e. The summed E-state index contributed by atoms with van der Waals surface area (Å²) in [6, 6.07) is 0. The van der Waals surface area contributed by atoms with Crippen LogP contribution >= 0.6 is 0 Å². The molecule has 0 heterocycles. The van der Waals surface area contributed by atoms with Gasteiger partial charge in [-0.3, -0.25) is 14.4 Å². The van der Waals surface area contributed by atoms with Crippen LogP contribution < -0.4 is 0 Å². The van der Waals surface area contributed by atoms with E-state index in [-0.39, 0.29) is 31.1 Å². The molecule has 0 aliphatic rings. The molecule has 0 aromatic rings. The molecule has 6 heteroatoms. The largest absolute Gasteiger partial charge is 0.462 e. The van der Waals surface area contributed by atoms with E-state index in [1.165, 1.54) is 167 Å². The molecular formula is C69H120O6. The molecule has 0 N–H and O–H groups in total. The number of esters is 3. The van der Waals surface area contributed by atoms with Crippen molar-refractivity contribution < 1.29 is 28.6 Å². The third-order valence-corrected chi connectivity index (χ3v) is 13.9. The van der Waals surface area contributed by atoms with Crippen LogP contribution in [0.2, 0.25) is 0 Å². The van der Waals surface area contributed by atoms with E-state index >= 15 is 0 Å². The lowest BCUT2D eigenvalue weighted by Gasteiger charge is -2.18. The molecule has 0 amide bonds. The first kappa shape index (κ1) is 71.6. The lowest BCUT2D eigenvalue weighted by atomic mass is 10.0. The lowest BCUT2D eigenvalue weighted by molar-refractivity contribution is -0.167. The minimum atomic E-state index is -0.790. The molecule has 0 fully saturated rings. The zero-order chi connectivity index (χ0) is 54.3. The van der Waals surface area contributed by atoms with E-state index in [0.717, 1.165) is 109 Å². The van der Waals surface area contributed by atoms with Gasteiger partial charge in [0.2, 0.25) is 0 Å². The van der Waals surface area contributed by atoms with E-state index in [0.29, 0.717) is 19.3 Å². The normalized spacial score (nSPS) is 12.6. The molecule has 432 valence electrons. The summed E-state index contributed by atoms with van der Waals surface area (Å²) < 4.78 is 16.9. The highest BCUT2D eigenvalue weighted by molar-refractivity contribution is 5.71. The summed E-state index contributed by atoms with van der Waals surface area (Å²) in [6.45, 7) is 6.42. The first-order chi connectivity index (χ1) is 37.0. The standard InChI is InChI=1S/C69H120O6/c1-4-7-10-13-16-19-22-25-27-29-31-33-34-36-37-39-41-44-47-50-53-56-59-62-68(71)74-65-66(64-73-67(70)61-58-55-52-49-46-43-24-21-18-15-12-9-6-3)75-69(72)63-60-57-54-51-48-45-42-40-38-35-32-30-28-26-23-20-17-14-11-8-5-2/h7,9-10,12,16,18-19,21,25,27,31,33,43,46,66H,4-6,8,11,13-15,17,20,22-24,26,28-30,32,34-42,44-45,47-65H2,1-3H3/b10-7-,12-9-,19-16-,21-18-,27-25-,33-31-,46-43-. The third-order valence-electron chi connectivity index (χ3n) is 13.9. The van der Waals surface area contributed by atoms with Crippen molar-refractivity contribution in [2.75, 3.05) is 13.2 Å². The average molecular weight is 1050 g/mol. The molecule has 0 saturated carbocycles. The SMILES string of the molecule is CC/C=C\C/C=C\C/C=C\C/C=C\CCCCCCCCCCCCC(=O)OCC(COC(=O)CCCCC/C=C\C/C=C\C/C=C\CC)OC(=O)CCCCCCCCCCCCCCCCCCCCCCC. The van der Waals surface area contributed by atoms with Gasteiger partial charge >= 0.3 is 17.9 Å². The van der Waals surface area contributed by atoms with Gasteiger partial charge in [-0.05, 0) is 89.9 Å². The number of carbonyl (C=O) groups is 3. The summed E-state index contributed by atoms with van der Waals surface area (Å²) >= 11 is 0. The Labute approximate surface area is 465 Å². The first-order valence-corrected chi connectivity index (χ1v) is 32.1. The second-order valence-electron chi connectivity index (χ2n) is 21.3. The molecule has 0 spiro atoms. The van der Waals surface area contributed by atoms with Crippen LogP contribution in [-0.2, 0) is 28.6 Å². The van der Waals surface area contributed by atoms with Gasteiger partial charge in [-0.25, -0.2) is 0 Å². The maximum absolute atomic E-state index is 12.9. The maximum atomic E-state index is 12.9. The highest BCUT2D eigenvalue weighted by Crippen LogP contribution is 2.17. The van der Waals surface area contributed by atoms with Crippen LogP contribution in [0.15, 0.2) is 85.1 Å². The quantitative estimate of drug-likeness (QED) is 0.0261. The van der Waals surface area contributed by atoms with Crippen LogP contribution in [0.4, 0.5) is 0 Å². The Kier molecular flexibility index (Phi) is 60.3. The van der Waals surface area contributed by atoms with E-state index in [4.69, 9.17) is 14.2 Å². The fraction of sp³-hybridized carbons (Fsp3) is 0.754. The van der Waals surface area contributed by atoms with Gasteiger partial charge in [-0.15, -0.1) is 0 Å². The Morgan fingerprint density at radius 3 is 0.827 bits per heavy atom. The molecule has 0 bridgehead atoms. The van der Waals surface area contributed by atoms with Crippen molar-refractivity contribution in [3.8, 4) is 0 Å². The van der Waals surface area contributed by atoms with Crippen LogP contribution in [0, 0.1) is 0 Å². The van der Waals surface area contributed by atoms with Crippen molar-refractivity contribution in [1.82, 2.24) is 0 Å². The van der Waals surface area contributed by atoms with E-state index < -0.39 is 6.10 Å². The molecule has 0 rings (SSSR count). The number of carbonyl (C=O) groups excluding carboxylic acids is 3. The monoisotopic (exact) mass is 1040 g/mol. The van der Waals surface area contributed by atoms with E-state index in [2.05, 4.69) is 106 Å². The van der Waals surface area contributed by atoms with Crippen LogP contribution in [0.1, 0.15) is 316 Å². The summed E-state index contributed by atoms with van der Waals surface area (Å²) in [5, 5.41) is 0. The predicted molar refractivity (Wildman–Crippen MR) is 325 cm³/mol. The molecule has 0 radical (unpaired) electrons. The zero-order valence-corrected chi connectivity index (χ0v) is 49.6. The van der Waals surface area contributed by atoms with Crippen LogP contribution in [0.25, 0.3) is 0 Å². The Hall–Kier alpha value is -3.41. The van der Waals surface area contributed by atoms with Crippen molar-refractivity contribution >= 4 is 17.9 Å². The van der Waals surface area contributed by atoms with Crippen molar-refractivity contribution in [2.45, 2.75) is 322 Å². The smallest absolute Gasteiger partial charge is 0.306 e. The summed E-state index contributed by atoms with van der Waals surface area (Å²) in [7, 11) is 0. The number of rotatable bonds is 58. The van der Waals surface area contributed by atoms with Gasteiger partial charge in [0, 0.05) is 19.3 Å². The second-order valence-corrected chi connectivity index (χ2v) is 21.3. The first-order valence-electron chi connectivity index (χ1n) is 32.1. The Balaban J connectivity index is 4.32. The number of hydrogen-bond acceptors (Lipinski definition) is 6. The van der Waals surface area contributed by atoms with Crippen LogP contribution in [0.3, 0.4) is 0 Å². The van der Waals surface area contributed by atoms with Crippen molar-refractivity contribution in [2.24, 2.45) is 0 Å². The number of allylic oxidation sites excluding steroid dienone is 14. The second kappa shape index (κ2) is 63.1. The van der Waals surface area contributed by atoms with Crippen LogP contribution in [0.5, 0.6) is 0 Å². The third kappa shape index (κ3) is 61.3. The fourth-order valence-electron chi connectivity index (χ4n) is 9.16. The minimum absolute atomic E-state index is 0.0857. The van der Waals surface area contributed by atoms with Crippen molar-refractivity contribution in [1.29, 1.82) is 0 Å². The van der Waals surface area contributed by atoms with Crippen molar-refractivity contribution in [3.05, 3.63) is 85.1 Å². The van der Waals surface area contributed by atoms with Gasteiger partial charge in [-0.1, -0.05) is 292 Å². The van der Waals surface area contributed by atoms with Gasteiger partial charge in [0.1, 0.15) is 13.2 Å². The zero-order valence-electron chi connectivity index (χ0n) is 49.6. The summed E-state index contributed by atoms with van der Waals surface area (Å²) in [5.41, 5.74) is 0. The molecule has 0 aliphatic heterocycles. The van der Waals surface area contributed by atoms with E-state index in [9.17, 15) is 14.4 Å².